The molecule has 9 aromatic carbocycles. The molecule has 0 aliphatic heterocycles. The number of benzene rings is 9. The molecule has 260 valence electrons. The van der Waals surface area contributed by atoms with Crippen molar-refractivity contribution in [3.63, 3.8) is 0 Å². The first-order chi connectivity index (χ1) is 27.7. The minimum Gasteiger partial charge on any atom is -0.455 e. The van der Waals surface area contributed by atoms with Crippen molar-refractivity contribution in [1.82, 2.24) is 19.5 Å². The number of hydrogen-bond acceptors (Lipinski definition) is 4. The van der Waals surface area contributed by atoms with Crippen molar-refractivity contribution in [3.8, 4) is 39.9 Å². The Morgan fingerprint density at radius 2 is 0.929 bits per heavy atom. The summed E-state index contributed by atoms with van der Waals surface area (Å²) in [5.74, 6) is 1.75. The zero-order valence-electron chi connectivity index (χ0n) is 30.0. The third-order valence-corrected chi connectivity index (χ3v) is 11.2. The SMILES string of the molecule is c1ccc(-c2nc(-c3ccc4ccccc4c3)nc(-c3cc(-n4c5ccc6ccccc6c5c5c6ccccc6ccc54)cc4c3oc3ccccc34)n2)cc1. The van der Waals surface area contributed by atoms with Crippen molar-refractivity contribution >= 4 is 76.1 Å². The molecule has 5 heteroatoms. The zero-order chi connectivity index (χ0) is 36.7. The smallest absolute Gasteiger partial charge is 0.167 e. The van der Waals surface area contributed by atoms with E-state index in [9.17, 15) is 0 Å². The van der Waals surface area contributed by atoms with Gasteiger partial charge in [0.2, 0.25) is 0 Å². The molecule has 0 atom stereocenters. The monoisotopic (exact) mass is 714 g/mol. The summed E-state index contributed by atoms with van der Waals surface area (Å²) in [5.41, 5.74) is 7.44. The fourth-order valence-electron chi connectivity index (χ4n) is 8.60. The number of fused-ring (bicyclic) bond motifs is 11. The molecule has 0 unspecified atom stereocenters. The number of furan rings is 1. The van der Waals surface area contributed by atoms with Gasteiger partial charge in [-0.1, -0.05) is 146 Å². The van der Waals surface area contributed by atoms with Gasteiger partial charge in [-0.2, -0.15) is 0 Å². The summed E-state index contributed by atoms with van der Waals surface area (Å²) >= 11 is 0. The van der Waals surface area contributed by atoms with Crippen LogP contribution in [0.25, 0.3) is 116 Å². The Bertz CT molecular complexity index is 3450. The maximum absolute atomic E-state index is 6.74. The van der Waals surface area contributed by atoms with Crippen LogP contribution in [0.1, 0.15) is 0 Å². The van der Waals surface area contributed by atoms with E-state index in [1.54, 1.807) is 0 Å². The molecule has 12 rings (SSSR count). The third-order valence-electron chi connectivity index (χ3n) is 11.2. The number of rotatable bonds is 4. The van der Waals surface area contributed by atoms with Gasteiger partial charge in [0.15, 0.2) is 17.5 Å². The third kappa shape index (κ3) is 4.64. The molecule has 0 fully saturated rings. The number of hydrogen-bond donors (Lipinski definition) is 0. The molecule has 0 spiro atoms. The zero-order valence-corrected chi connectivity index (χ0v) is 30.0. The first kappa shape index (κ1) is 30.8. The Morgan fingerprint density at radius 3 is 1.64 bits per heavy atom. The van der Waals surface area contributed by atoms with E-state index in [-0.39, 0.29) is 0 Å². The van der Waals surface area contributed by atoms with Gasteiger partial charge in [0.25, 0.3) is 0 Å². The second-order valence-corrected chi connectivity index (χ2v) is 14.4. The van der Waals surface area contributed by atoms with Crippen LogP contribution >= 0.6 is 0 Å². The van der Waals surface area contributed by atoms with Crippen LogP contribution in [0, 0.1) is 0 Å². The molecule has 0 amide bonds. The highest BCUT2D eigenvalue weighted by molar-refractivity contribution is 6.28. The minimum absolute atomic E-state index is 0.546. The molecule has 0 aliphatic carbocycles. The van der Waals surface area contributed by atoms with Gasteiger partial charge >= 0.3 is 0 Å². The maximum Gasteiger partial charge on any atom is 0.167 e. The molecule has 0 aliphatic rings. The maximum atomic E-state index is 6.74. The average molecular weight is 715 g/mol. The summed E-state index contributed by atoms with van der Waals surface area (Å²) in [6.45, 7) is 0. The lowest BCUT2D eigenvalue weighted by Gasteiger charge is -2.13. The molecule has 3 aromatic heterocycles. The molecule has 3 heterocycles. The van der Waals surface area contributed by atoms with Gasteiger partial charge in [-0.25, -0.2) is 15.0 Å². The highest BCUT2D eigenvalue weighted by Gasteiger charge is 2.23. The van der Waals surface area contributed by atoms with E-state index in [4.69, 9.17) is 19.4 Å². The summed E-state index contributed by atoms with van der Waals surface area (Å²) in [6, 6.07) is 63.9. The van der Waals surface area contributed by atoms with Crippen LogP contribution < -0.4 is 0 Å². The van der Waals surface area contributed by atoms with Crippen LogP contribution in [0.4, 0.5) is 0 Å². The van der Waals surface area contributed by atoms with Gasteiger partial charge in [0.1, 0.15) is 11.2 Å². The van der Waals surface area contributed by atoms with E-state index >= 15 is 0 Å². The van der Waals surface area contributed by atoms with Gasteiger partial charge in [-0.3, -0.25) is 0 Å². The van der Waals surface area contributed by atoms with E-state index in [0.29, 0.717) is 17.5 Å². The lowest BCUT2D eigenvalue weighted by Crippen LogP contribution is -2.01. The van der Waals surface area contributed by atoms with E-state index in [2.05, 4.69) is 144 Å². The summed E-state index contributed by atoms with van der Waals surface area (Å²) in [7, 11) is 0. The molecule has 56 heavy (non-hydrogen) atoms. The van der Waals surface area contributed by atoms with E-state index in [0.717, 1.165) is 66.1 Å². The van der Waals surface area contributed by atoms with Crippen LogP contribution in [0.15, 0.2) is 186 Å². The van der Waals surface area contributed by atoms with Crippen molar-refractivity contribution in [1.29, 1.82) is 0 Å². The Hall–Kier alpha value is -7.63. The first-order valence-corrected chi connectivity index (χ1v) is 18.9. The largest absolute Gasteiger partial charge is 0.455 e. The van der Waals surface area contributed by atoms with Crippen LogP contribution in [0.5, 0.6) is 0 Å². The molecule has 0 bridgehead atoms. The standard InChI is InChI=1S/C51H30N4O/c1-2-15-34(16-3-1)49-52-50(36-23-22-31-12-4-5-17-35(31)28-36)54-51(53-49)42-30-37(29-41-40-20-10-11-21-45(40)56-48(41)42)55-43-26-24-32-13-6-8-18-38(32)46(43)47-39-19-9-7-14-33(39)25-27-44(47)55/h1-30H. The van der Waals surface area contributed by atoms with Crippen molar-refractivity contribution < 1.29 is 4.42 Å². The predicted octanol–water partition coefficient (Wildman–Crippen LogP) is 13.3. The summed E-state index contributed by atoms with van der Waals surface area (Å²) in [6.07, 6.45) is 0. The Kier molecular flexibility index (Phi) is 6.56. The van der Waals surface area contributed by atoms with Crippen molar-refractivity contribution in [3.05, 3.63) is 182 Å². The van der Waals surface area contributed by atoms with Gasteiger partial charge in [-0.15, -0.1) is 0 Å². The van der Waals surface area contributed by atoms with Crippen LogP contribution in [-0.4, -0.2) is 19.5 Å². The average Bonchev–Trinajstić information content (AvgIpc) is 3.82. The number of para-hydroxylation sites is 1. The topological polar surface area (TPSA) is 56.7 Å². The minimum atomic E-state index is 0.546. The van der Waals surface area contributed by atoms with E-state index in [1.807, 2.05) is 42.5 Å². The second-order valence-electron chi connectivity index (χ2n) is 14.4. The predicted molar refractivity (Wildman–Crippen MR) is 230 cm³/mol. The number of aromatic nitrogens is 4. The quantitative estimate of drug-likeness (QED) is 0.182. The summed E-state index contributed by atoms with van der Waals surface area (Å²) in [5, 5.41) is 11.7. The van der Waals surface area contributed by atoms with Crippen molar-refractivity contribution in [2.45, 2.75) is 0 Å². The van der Waals surface area contributed by atoms with Crippen LogP contribution in [0.2, 0.25) is 0 Å². The van der Waals surface area contributed by atoms with Crippen molar-refractivity contribution in [2.24, 2.45) is 0 Å². The van der Waals surface area contributed by atoms with Crippen LogP contribution in [0.3, 0.4) is 0 Å². The highest BCUT2D eigenvalue weighted by Crippen LogP contribution is 2.43. The fourth-order valence-corrected chi connectivity index (χ4v) is 8.60. The van der Waals surface area contributed by atoms with Gasteiger partial charge < -0.3 is 8.98 Å². The normalized spacial score (nSPS) is 11.9. The second kappa shape index (κ2) is 11.9. The summed E-state index contributed by atoms with van der Waals surface area (Å²) < 4.78 is 9.14. The Labute approximate surface area is 320 Å². The van der Waals surface area contributed by atoms with Crippen molar-refractivity contribution in [2.75, 3.05) is 0 Å². The van der Waals surface area contributed by atoms with Gasteiger partial charge in [0, 0.05) is 38.4 Å². The first-order valence-electron chi connectivity index (χ1n) is 18.9. The molecule has 0 radical (unpaired) electrons. The van der Waals surface area contributed by atoms with Crippen LogP contribution in [-0.2, 0) is 0 Å². The Balaban J connectivity index is 1.20. The molecule has 0 N–H and O–H groups in total. The highest BCUT2D eigenvalue weighted by atomic mass is 16.3. The van der Waals surface area contributed by atoms with Gasteiger partial charge in [-0.05, 0) is 68.7 Å². The summed E-state index contributed by atoms with van der Waals surface area (Å²) in [4.78, 5) is 15.6. The molecule has 0 saturated heterocycles. The van der Waals surface area contributed by atoms with E-state index in [1.165, 1.54) is 32.3 Å². The fraction of sp³-hybridized carbons (Fsp3) is 0. The molecular weight excluding hydrogens is 685 g/mol. The number of nitrogens with zero attached hydrogens (tertiary/aromatic N) is 4. The Morgan fingerprint density at radius 1 is 0.375 bits per heavy atom. The van der Waals surface area contributed by atoms with E-state index < -0.39 is 0 Å². The van der Waals surface area contributed by atoms with Gasteiger partial charge in [0.05, 0.1) is 16.6 Å². The lowest BCUT2D eigenvalue weighted by atomic mass is 10.00. The molecular formula is C51H30N4O. The molecule has 0 saturated carbocycles. The lowest BCUT2D eigenvalue weighted by molar-refractivity contribution is 0.669. The molecule has 5 nitrogen and oxygen atoms in total. The molecule has 12 aromatic rings.